The molecule has 6 unspecified atom stereocenters. The van der Waals surface area contributed by atoms with Crippen LogP contribution in [-0.2, 0) is 19.2 Å². The second kappa shape index (κ2) is 13.1. The molecule has 8 heteroatoms. The minimum atomic E-state index is -1.19. The van der Waals surface area contributed by atoms with Crippen molar-refractivity contribution in [3.05, 3.63) is 0 Å². The van der Waals surface area contributed by atoms with Crippen LogP contribution in [0.2, 0.25) is 0 Å². The number of carboxylic acid groups (broad SMARTS) is 4. The smallest absolute Gasteiger partial charge is 0.307 e. The van der Waals surface area contributed by atoms with Gasteiger partial charge in [0.1, 0.15) is 0 Å². The minimum absolute atomic E-state index is 0.263. The molecule has 37 heavy (non-hydrogen) atoms. The fourth-order valence-electron chi connectivity index (χ4n) is 6.24. The topological polar surface area (TPSA) is 149 Å². The Morgan fingerprint density at radius 2 is 0.784 bits per heavy atom. The van der Waals surface area contributed by atoms with Crippen molar-refractivity contribution >= 4 is 23.9 Å². The summed E-state index contributed by atoms with van der Waals surface area (Å²) in [7, 11) is 0. The molecule has 0 radical (unpaired) electrons. The molecule has 0 aromatic heterocycles. The van der Waals surface area contributed by atoms with Gasteiger partial charge in [0.2, 0.25) is 0 Å². The summed E-state index contributed by atoms with van der Waals surface area (Å²) < 4.78 is 0. The predicted molar refractivity (Wildman–Crippen MR) is 143 cm³/mol. The molecule has 0 heterocycles. The lowest BCUT2D eigenvalue weighted by molar-refractivity contribution is -0.169. The monoisotopic (exact) mass is 528 g/mol. The Hall–Kier alpha value is -2.12. The number of hydrogen-bond donors (Lipinski definition) is 4. The summed E-state index contributed by atoms with van der Waals surface area (Å²) in [6.07, 6.45) is 3.04. The fourth-order valence-corrected chi connectivity index (χ4v) is 6.24. The SMILES string of the molecule is CCCC(C)(C)C(C(=O)O)C(C(=O)O)C(C)(CC)CCC(C)(CC)C(C(=O)O)C(C(=O)O)C(C)(C)CC. The number of hydrogen-bond acceptors (Lipinski definition) is 4. The second-order valence-corrected chi connectivity index (χ2v) is 12.9. The van der Waals surface area contributed by atoms with E-state index in [2.05, 4.69) is 0 Å². The van der Waals surface area contributed by atoms with Crippen LogP contribution in [0.1, 0.15) is 114 Å². The van der Waals surface area contributed by atoms with Crippen molar-refractivity contribution < 1.29 is 39.6 Å². The molecule has 0 rings (SSSR count). The molecular formula is C29H52O8. The molecule has 0 saturated carbocycles. The first-order valence-electron chi connectivity index (χ1n) is 13.6. The van der Waals surface area contributed by atoms with Gasteiger partial charge in [0, 0.05) is 0 Å². The Bertz CT molecular complexity index is 817. The van der Waals surface area contributed by atoms with Gasteiger partial charge in [-0.15, -0.1) is 0 Å². The molecule has 0 aromatic rings. The van der Waals surface area contributed by atoms with Gasteiger partial charge < -0.3 is 20.4 Å². The summed E-state index contributed by atoms with van der Waals surface area (Å²) >= 11 is 0. The largest absolute Gasteiger partial charge is 0.481 e. The van der Waals surface area contributed by atoms with Crippen LogP contribution in [0.25, 0.3) is 0 Å². The average Bonchev–Trinajstić information content (AvgIpc) is 2.77. The van der Waals surface area contributed by atoms with Gasteiger partial charge in [-0.25, -0.2) is 0 Å². The van der Waals surface area contributed by atoms with Crippen molar-refractivity contribution in [1.29, 1.82) is 0 Å². The first-order chi connectivity index (χ1) is 16.7. The zero-order chi connectivity index (χ0) is 29.6. The minimum Gasteiger partial charge on any atom is -0.481 e. The van der Waals surface area contributed by atoms with Gasteiger partial charge >= 0.3 is 23.9 Å². The second-order valence-electron chi connectivity index (χ2n) is 12.9. The van der Waals surface area contributed by atoms with E-state index >= 15 is 0 Å². The Morgan fingerprint density at radius 3 is 1.00 bits per heavy atom. The molecule has 0 spiro atoms. The highest BCUT2D eigenvalue weighted by Gasteiger charge is 2.54. The normalized spacial score (nSPS) is 19.1. The van der Waals surface area contributed by atoms with Crippen LogP contribution in [0.3, 0.4) is 0 Å². The Balaban J connectivity index is 6.71. The van der Waals surface area contributed by atoms with Crippen molar-refractivity contribution in [3.63, 3.8) is 0 Å². The number of carboxylic acids is 4. The maximum Gasteiger partial charge on any atom is 0.307 e. The van der Waals surface area contributed by atoms with Crippen LogP contribution >= 0.6 is 0 Å². The van der Waals surface area contributed by atoms with Crippen molar-refractivity contribution in [3.8, 4) is 0 Å². The highest BCUT2D eigenvalue weighted by Crippen LogP contribution is 2.53. The van der Waals surface area contributed by atoms with Crippen LogP contribution in [-0.4, -0.2) is 44.3 Å². The van der Waals surface area contributed by atoms with Gasteiger partial charge in [-0.3, -0.25) is 19.2 Å². The summed E-state index contributed by atoms with van der Waals surface area (Å²) in [5.74, 6) is -9.33. The Labute approximate surface area is 223 Å². The highest BCUT2D eigenvalue weighted by atomic mass is 16.4. The summed E-state index contributed by atoms with van der Waals surface area (Å²) in [6.45, 7) is 18.1. The number of carbonyl (C=O) groups is 4. The number of aliphatic carboxylic acids is 4. The first kappa shape index (κ1) is 34.9. The molecule has 8 nitrogen and oxygen atoms in total. The van der Waals surface area contributed by atoms with E-state index in [4.69, 9.17) is 0 Å². The summed E-state index contributed by atoms with van der Waals surface area (Å²) in [4.78, 5) is 50.2. The molecular weight excluding hydrogens is 476 g/mol. The van der Waals surface area contributed by atoms with E-state index in [-0.39, 0.29) is 12.8 Å². The fraction of sp³-hybridized carbons (Fsp3) is 0.862. The van der Waals surface area contributed by atoms with E-state index in [1.54, 1.807) is 41.5 Å². The Kier molecular flexibility index (Phi) is 12.3. The molecule has 0 aromatic carbocycles. The molecule has 6 atom stereocenters. The van der Waals surface area contributed by atoms with E-state index in [9.17, 15) is 39.6 Å². The predicted octanol–water partition coefficient (Wildman–Crippen LogP) is 6.66. The van der Waals surface area contributed by atoms with Gasteiger partial charge in [0.25, 0.3) is 0 Å². The highest BCUT2D eigenvalue weighted by molar-refractivity contribution is 5.82. The summed E-state index contributed by atoms with van der Waals surface area (Å²) in [5, 5.41) is 40.9. The van der Waals surface area contributed by atoms with E-state index in [0.717, 1.165) is 0 Å². The van der Waals surface area contributed by atoms with Crippen LogP contribution in [0.5, 0.6) is 0 Å². The van der Waals surface area contributed by atoms with Crippen molar-refractivity contribution in [2.75, 3.05) is 0 Å². The quantitative estimate of drug-likeness (QED) is 0.154. The Morgan fingerprint density at radius 1 is 0.486 bits per heavy atom. The molecule has 0 fully saturated rings. The van der Waals surface area contributed by atoms with Gasteiger partial charge in [-0.1, -0.05) is 82.1 Å². The molecule has 216 valence electrons. The molecule has 0 saturated heterocycles. The zero-order valence-corrected chi connectivity index (χ0v) is 24.7. The van der Waals surface area contributed by atoms with Crippen LogP contribution in [0.15, 0.2) is 0 Å². The maximum atomic E-state index is 12.7. The van der Waals surface area contributed by atoms with Crippen molar-refractivity contribution in [2.24, 2.45) is 45.3 Å². The van der Waals surface area contributed by atoms with Gasteiger partial charge in [0.15, 0.2) is 0 Å². The molecule has 4 N–H and O–H groups in total. The third-order valence-electron chi connectivity index (χ3n) is 9.60. The number of rotatable bonds is 18. The molecule has 0 bridgehead atoms. The van der Waals surface area contributed by atoms with Crippen LogP contribution < -0.4 is 0 Å². The van der Waals surface area contributed by atoms with E-state index in [0.29, 0.717) is 32.1 Å². The van der Waals surface area contributed by atoms with Crippen molar-refractivity contribution in [2.45, 2.75) is 114 Å². The van der Waals surface area contributed by atoms with Crippen LogP contribution in [0.4, 0.5) is 0 Å². The maximum absolute atomic E-state index is 12.7. The molecule has 0 aliphatic rings. The van der Waals surface area contributed by atoms with Crippen LogP contribution in [0, 0.1) is 45.3 Å². The molecule has 0 amide bonds. The summed E-state index contributed by atoms with van der Waals surface area (Å²) in [6, 6.07) is 0. The molecule has 0 aliphatic carbocycles. The lowest BCUT2D eigenvalue weighted by atomic mass is 9.55. The molecule has 0 aliphatic heterocycles. The van der Waals surface area contributed by atoms with E-state index in [1.165, 1.54) is 0 Å². The van der Waals surface area contributed by atoms with Gasteiger partial charge in [-0.05, 0) is 53.8 Å². The zero-order valence-electron chi connectivity index (χ0n) is 24.7. The van der Waals surface area contributed by atoms with E-state index < -0.39 is 69.2 Å². The third kappa shape index (κ3) is 7.93. The average molecular weight is 529 g/mol. The van der Waals surface area contributed by atoms with Gasteiger partial charge in [-0.2, -0.15) is 0 Å². The van der Waals surface area contributed by atoms with Crippen molar-refractivity contribution in [1.82, 2.24) is 0 Å². The lowest BCUT2D eigenvalue weighted by Crippen LogP contribution is -2.50. The van der Waals surface area contributed by atoms with Gasteiger partial charge in [0.05, 0.1) is 23.7 Å². The standard InChI is InChI=1S/C29H52O8/c1-11-15-27(7,8)19(23(32)33)21(25(36)37)29(10,14-4)17-16-28(9,13-3)20(24(34)35)18(22(30)31)26(5,6)12-2/h18-21H,11-17H2,1-10H3,(H,30,31)(H,32,33)(H,34,35)(H,36,37). The van der Waals surface area contributed by atoms with E-state index in [1.807, 2.05) is 27.7 Å². The third-order valence-corrected chi connectivity index (χ3v) is 9.60. The lowest BCUT2D eigenvalue weighted by Gasteiger charge is -2.47. The first-order valence-corrected chi connectivity index (χ1v) is 13.6. The summed E-state index contributed by atoms with van der Waals surface area (Å²) in [5.41, 5.74) is -3.43.